The van der Waals surface area contributed by atoms with Crippen LogP contribution in [0.2, 0.25) is 0 Å². The summed E-state index contributed by atoms with van der Waals surface area (Å²) in [5.41, 5.74) is 2.95. The number of aryl methyl sites for hydroxylation is 2. The van der Waals surface area contributed by atoms with Crippen molar-refractivity contribution in [3.05, 3.63) is 65.2 Å². The number of piperidine rings is 1. The number of nitrogens with zero attached hydrogens (tertiary/aromatic N) is 3. The highest BCUT2D eigenvalue weighted by atomic mass is 16.2. The number of likely N-dealkylation sites (tertiary alicyclic amines) is 1. The number of carbonyl (C=O) groups is 2. The third-order valence-corrected chi connectivity index (χ3v) is 5.15. The van der Waals surface area contributed by atoms with Crippen molar-refractivity contribution in [1.82, 2.24) is 20.2 Å². The Morgan fingerprint density at radius 2 is 1.75 bits per heavy atom. The maximum atomic E-state index is 12.5. The van der Waals surface area contributed by atoms with E-state index in [2.05, 4.69) is 15.3 Å². The molecule has 1 N–H and O–H groups in total. The lowest BCUT2D eigenvalue weighted by atomic mass is 9.96. The van der Waals surface area contributed by atoms with Gasteiger partial charge in [0.15, 0.2) is 0 Å². The van der Waals surface area contributed by atoms with Gasteiger partial charge in [0.05, 0.1) is 17.0 Å². The van der Waals surface area contributed by atoms with Crippen LogP contribution >= 0.6 is 0 Å². The van der Waals surface area contributed by atoms with Gasteiger partial charge in [-0.15, -0.1) is 0 Å². The Bertz CT molecular complexity index is 836. The molecule has 1 fully saturated rings. The van der Waals surface area contributed by atoms with Crippen LogP contribution in [0.5, 0.6) is 0 Å². The molecule has 0 spiro atoms. The molecule has 2 aromatic rings. The van der Waals surface area contributed by atoms with Crippen molar-refractivity contribution in [2.75, 3.05) is 19.6 Å². The first kappa shape index (κ1) is 19.7. The van der Waals surface area contributed by atoms with Crippen LogP contribution in [-0.4, -0.2) is 46.3 Å². The van der Waals surface area contributed by atoms with Gasteiger partial charge >= 0.3 is 0 Å². The Morgan fingerprint density at radius 3 is 2.39 bits per heavy atom. The first-order valence-electron chi connectivity index (χ1n) is 9.63. The highest BCUT2D eigenvalue weighted by molar-refractivity contribution is 5.96. The Hall–Kier alpha value is -3.02. The Morgan fingerprint density at radius 1 is 1.11 bits per heavy atom. The van der Waals surface area contributed by atoms with Crippen LogP contribution in [0.4, 0.5) is 0 Å². The number of amides is 2. The standard InChI is InChI=1S/C22H26N4O2/c1-16-21(17(2)25-15-24-16)22(28)23-14-19-10-12-26(13-11-19)20(27)9-8-18-6-4-3-5-7-18/h3-9,15,19H,10-14H2,1-2H3,(H,23,28). The van der Waals surface area contributed by atoms with E-state index in [0.717, 1.165) is 18.4 Å². The van der Waals surface area contributed by atoms with Gasteiger partial charge in [-0.1, -0.05) is 30.3 Å². The van der Waals surface area contributed by atoms with E-state index in [-0.39, 0.29) is 11.8 Å². The van der Waals surface area contributed by atoms with Crippen molar-refractivity contribution in [3.8, 4) is 0 Å². The van der Waals surface area contributed by atoms with Crippen LogP contribution in [-0.2, 0) is 4.79 Å². The Labute approximate surface area is 165 Å². The summed E-state index contributed by atoms with van der Waals surface area (Å²) in [5, 5.41) is 3.00. The molecule has 3 rings (SSSR count). The van der Waals surface area contributed by atoms with Crippen molar-refractivity contribution >= 4 is 17.9 Å². The molecular formula is C22H26N4O2. The van der Waals surface area contributed by atoms with Crippen molar-refractivity contribution in [1.29, 1.82) is 0 Å². The van der Waals surface area contributed by atoms with Crippen molar-refractivity contribution in [2.24, 2.45) is 5.92 Å². The fraction of sp³-hybridized carbons (Fsp3) is 0.364. The molecule has 1 saturated heterocycles. The van der Waals surface area contributed by atoms with Gasteiger partial charge < -0.3 is 10.2 Å². The average molecular weight is 378 g/mol. The minimum atomic E-state index is -0.125. The Balaban J connectivity index is 1.46. The summed E-state index contributed by atoms with van der Waals surface area (Å²) in [6, 6.07) is 9.80. The molecule has 0 atom stereocenters. The number of aromatic nitrogens is 2. The third-order valence-electron chi connectivity index (χ3n) is 5.15. The highest BCUT2D eigenvalue weighted by Gasteiger charge is 2.23. The number of carbonyl (C=O) groups excluding carboxylic acids is 2. The maximum absolute atomic E-state index is 12.5. The van der Waals surface area contributed by atoms with Crippen LogP contribution in [0.3, 0.4) is 0 Å². The number of nitrogens with one attached hydrogen (secondary N) is 1. The van der Waals surface area contributed by atoms with Gasteiger partial charge in [0.25, 0.3) is 5.91 Å². The molecule has 0 radical (unpaired) electrons. The second-order valence-corrected chi connectivity index (χ2v) is 7.14. The molecule has 0 unspecified atom stereocenters. The van der Waals surface area contributed by atoms with Gasteiger partial charge in [0.1, 0.15) is 6.33 Å². The predicted molar refractivity (Wildman–Crippen MR) is 109 cm³/mol. The van der Waals surface area contributed by atoms with Gasteiger partial charge in [0.2, 0.25) is 5.91 Å². The molecule has 1 aromatic heterocycles. The number of benzene rings is 1. The summed E-state index contributed by atoms with van der Waals surface area (Å²) in [6.07, 6.45) is 6.73. The SMILES string of the molecule is Cc1ncnc(C)c1C(=O)NCC1CCN(C(=O)C=Cc2ccccc2)CC1. The molecule has 146 valence electrons. The summed E-state index contributed by atoms with van der Waals surface area (Å²) in [7, 11) is 0. The van der Waals surface area contributed by atoms with E-state index >= 15 is 0 Å². The molecule has 1 aliphatic rings. The fourth-order valence-electron chi connectivity index (χ4n) is 3.44. The van der Waals surface area contributed by atoms with Crippen molar-refractivity contribution in [3.63, 3.8) is 0 Å². The molecule has 28 heavy (non-hydrogen) atoms. The van der Waals surface area contributed by atoms with E-state index in [1.165, 1.54) is 6.33 Å². The first-order chi connectivity index (χ1) is 13.5. The van der Waals surface area contributed by atoms with Crippen LogP contribution < -0.4 is 5.32 Å². The highest BCUT2D eigenvalue weighted by Crippen LogP contribution is 2.17. The molecule has 2 heterocycles. The normalized spacial score (nSPS) is 15.0. The first-order valence-corrected chi connectivity index (χ1v) is 9.63. The van der Waals surface area contributed by atoms with Crippen molar-refractivity contribution in [2.45, 2.75) is 26.7 Å². The summed E-state index contributed by atoms with van der Waals surface area (Å²) in [4.78, 5) is 34.9. The zero-order valence-electron chi connectivity index (χ0n) is 16.4. The van der Waals surface area contributed by atoms with E-state index in [4.69, 9.17) is 0 Å². The van der Waals surface area contributed by atoms with E-state index in [1.807, 2.05) is 55.2 Å². The van der Waals surface area contributed by atoms with Crippen LogP contribution in [0.15, 0.2) is 42.7 Å². The second kappa shape index (κ2) is 9.26. The smallest absolute Gasteiger partial charge is 0.254 e. The maximum Gasteiger partial charge on any atom is 0.254 e. The molecular weight excluding hydrogens is 352 g/mol. The molecule has 0 aliphatic carbocycles. The van der Waals surface area contributed by atoms with Crippen LogP contribution in [0.25, 0.3) is 6.08 Å². The number of hydrogen-bond donors (Lipinski definition) is 1. The van der Waals surface area contributed by atoms with Crippen molar-refractivity contribution < 1.29 is 9.59 Å². The topological polar surface area (TPSA) is 75.2 Å². The Kier molecular flexibility index (Phi) is 6.53. The van der Waals surface area contributed by atoms with Gasteiger partial charge in [-0.3, -0.25) is 9.59 Å². The third kappa shape index (κ3) is 5.03. The lowest BCUT2D eigenvalue weighted by Crippen LogP contribution is -2.41. The molecule has 1 aromatic carbocycles. The fourth-order valence-corrected chi connectivity index (χ4v) is 3.44. The molecule has 0 saturated carbocycles. The van der Waals surface area contributed by atoms with Crippen LogP contribution in [0, 0.1) is 19.8 Å². The van der Waals surface area contributed by atoms with Gasteiger partial charge in [-0.05, 0) is 44.2 Å². The zero-order valence-corrected chi connectivity index (χ0v) is 16.4. The van der Waals surface area contributed by atoms with E-state index in [9.17, 15) is 9.59 Å². The summed E-state index contributed by atoms with van der Waals surface area (Å²) in [5.74, 6) is 0.287. The van der Waals surface area contributed by atoms with Crippen LogP contribution in [0.1, 0.15) is 40.2 Å². The van der Waals surface area contributed by atoms with Gasteiger partial charge in [-0.2, -0.15) is 0 Å². The van der Waals surface area contributed by atoms with E-state index < -0.39 is 0 Å². The summed E-state index contributed by atoms with van der Waals surface area (Å²) < 4.78 is 0. The van der Waals surface area contributed by atoms with E-state index in [0.29, 0.717) is 42.5 Å². The summed E-state index contributed by atoms with van der Waals surface area (Å²) in [6.45, 7) is 5.66. The predicted octanol–water partition coefficient (Wildman–Crippen LogP) is 2.78. The molecule has 6 nitrogen and oxygen atoms in total. The molecule has 6 heteroatoms. The number of rotatable bonds is 5. The minimum absolute atomic E-state index is 0.0408. The lowest BCUT2D eigenvalue weighted by Gasteiger charge is -2.31. The lowest BCUT2D eigenvalue weighted by molar-refractivity contribution is -0.127. The number of hydrogen-bond acceptors (Lipinski definition) is 4. The zero-order chi connectivity index (χ0) is 19.9. The molecule has 2 amide bonds. The quantitative estimate of drug-likeness (QED) is 0.812. The monoisotopic (exact) mass is 378 g/mol. The molecule has 1 aliphatic heterocycles. The second-order valence-electron chi connectivity index (χ2n) is 7.14. The average Bonchev–Trinajstić information content (AvgIpc) is 2.71. The van der Waals surface area contributed by atoms with E-state index in [1.54, 1.807) is 6.08 Å². The van der Waals surface area contributed by atoms with Gasteiger partial charge in [0, 0.05) is 25.7 Å². The molecule has 0 bridgehead atoms. The largest absolute Gasteiger partial charge is 0.352 e. The summed E-state index contributed by atoms with van der Waals surface area (Å²) >= 11 is 0. The minimum Gasteiger partial charge on any atom is -0.352 e. The van der Waals surface area contributed by atoms with Gasteiger partial charge in [-0.25, -0.2) is 9.97 Å².